The van der Waals surface area contributed by atoms with Gasteiger partial charge in [0.2, 0.25) is 0 Å². The molecule has 108 valence electrons. The molecule has 1 unspecified atom stereocenters. The first-order valence-electron chi connectivity index (χ1n) is 7.27. The molecule has 1 aromatic heterocycles. The Bertz CT molecular complexity index is 384. The molecule has 1 aliphatic rings. The van der Waals surface area contributed by atoms with Crippen molar-refractivity contribution in [2.24, 2.45) is 0 Å². The van der Waals surface area contributed by atoms with Gasteiger partial charge in [-0.2, -0.15) is 0 Å². The molecule has 0 aliphatic carbocycles. The average molecular weight is 267 g/mol. The maximum absolute atomic E-state index is 8.97. The molecule has 0 bridgehead atoms. The Balaban J connectivity index is 1.85. The van der Waals surface area contributed by atoms with Gasteiger partial charge in [0.1, 0.15) is 18.1 Å². The first kappa shape index (κ1) is 14.6. The Morgan fingerprint density at radius 2 is 2.05 bits per heavy atom. The van der Waals surface area contributed by atoms with Gasteiger partial charge >= 0.3 is 0 Å². The van der Waals surface area contributed by atoms with Crippen LogP contribution in [-0.4, -0.2) is 23.4 Å². The number of nitrogens with one attached hydrogen (secondary N) is 1. The van der Waals surface area contributed by atoms with Crippen LogP contribution in [-0.2, 0) is 17.9 Å². The molecular weight excluding hydrogens is 242 g/mol. The molecule has 2 rings (SSSR count). The summed E-state index contributed by atoms with van der Waals surface area (Å²) in [7, 11) is 0. The fourth-order valence-corrected chi connectivity index (χ4v) is 2.79. The van der Waals surface area contributed by atoms with E-state index < -0.39 is 0 Å². The summed E-state index contributed by atoms with van der Waals surface area (Å²) >= 11 is 0. The molecular formula is C15H25NO3. The van der Waals surface area contributed by atoms with E-state index in [0.29, 0.717) is 18.3 Å². The molecule has 2 N–H and O–H groups in total. The number of rotatable bonds is 6. The molecule has 1 saturated heterocycles. The topological polar surface area (TPSA) is 54.6 Å². The van der Waals surface area contributed by atoms with Gasteiger partial charge in [-0.1, -0.05) is 13.8 Å². The van der Waals surface area contributed by atoms with Crippen LogP contribution >= 0.6 is 0 Å². The first-order chi connectivity index (χ1) is 9.21. The minimum atomic E-state index is -0.0357. The van der Waals surface area contributed by atoms with Crippen molar-refractivity contribution in [2.45, 2.75) is 64.3 Å². The lowest BCUT2D eigenvalue weighted by Gasteiger charge is -2.40. The second kappa shape index (κ2) is 6.55. The van der Waals surface area contributed by atoms with Crippen LogP contribution in [0.4, 0.5) is 0 Å². The van der Waals surface area contributed by atoms with Crippen molar-refractivity contribution in [1.82, 2.24) is 5.32 Å². The lowest BCUT2D eigenvalue weighted by Crippen LogP contribution is -2.46. The Morgan fingerprint density at radius 3 is 2.68 bits per heavy atom. The van der Waals surface area contributed by atoms with Crippen molar-refractivity contribution in [3.8, 4) is 0 Å². The maximum atomic E-state index is 8.97. The minimum Gasteiger partial charge on any atom is -0.462 e. The van der Waals surface area contributed by atoms with E-state index in [4.69, 9.17) is 14.3 Å². The lowest BCUT2D eigenvalue weighted by atomic mass is 9.86. The van der Waals surface area contributed by atoms with Crippen LogP contribution in [0.15, 0.2) is 16.5 Å². The normalized spacial score (nSPS) is 22.6. The summed E-state index contributed by atoms with van der Waals surface area (Å²) in [4.78, 5) is 0. The van der Waals surface area contributed by atoms with Crippen molar-refractivity contribution in [1.29, 1.82) is 0 Å². The lowest BCUT2D eigenvalue weighted by molar-refractivity contribution is -0.0933. The van der Waals surface area contributed by atoms with Crippen LogP contribution in [0, 0.1) is 0 Å². The van der Waals surface area contributed by atoms with E-state index in [9.17, 15) is 0 Å². The fraction of sp³-hybridized carbons (Fsp3) is 0.733. The van der Waals surface area contributed by atoms with Gasteiger partial charge in [0, 0.05) is 12.6 Å². The van der Waals surface area contributed by atoms with Crippen LogP contribution < -0.4 is 5.32 Å². The van der Waals surface area contributed by atoms with E-state index in [2.05, 4.69) is 19.2 Å². The van der Waals surface area contributed by atoms with Crippen LogP contribution in [0.1, 0.15) is 51.1 Å². The minimum absolute atomic E-state index is 0.0357. The summed E-state index contributed by atoms with van der Waals surface area (Å²) in [5, 5.41) is 12.5. The molecule has 1 fully saturated rings. The number of ether oxygens (including phenoxy) is 1. The molecule has 2 heterocycles. The molecule has 0 amide bonds. The fourth-order valence-electron chi connectivity index (χ4n) is 2.79. The zero-order chi connectivity index (χ0) is 13.7. The molecule has 0 spiro atoms. The Hall–Kier alpha value is -0.840. The number of hydrogen-bond donors (Lipinski definition) is 2. The van der Waals surface area contributed by atoms with Gasteiger partial charge in [-0.3, -0.25) is 0 Å². The molecule has 1 aliphatic heterocycles. The third kappa shape index (κ3) is 3.59. The second-order valence-corrected chi connectivity index (χ2v) is 5.34. The Labute approximate surface area is 115 Å². The summed E-state index contributed by atoms with van der Waals surface area (Å²) in [6, 6.07) is 4.23. The van der Waals surface area contributed by atoms with E-state index in [-0.39, 0.29) is 12.2 Å². The highest BCUT2D eigenvalue weighted by atomic mass is 16.5. The van der Waals surface area contributed by atoms with Crippen molar-refractivity contribution in [2.75, 3.05) is 6.61 Å². The average Bonchev–Trinajstić information content (AvgIpc) is 2.93. The molecule has 0 aromatic carbocycles. The zero-order valence-electron chi connectivity index (χ0n) is 11.9. The van der Waals surface area contributed by atoms with Gasteiger partial charge < -0.3 is 19.6 Å². The molecule has 1 atom stereocenters. The quantitative estimate of drug-likeness (QED) is 0.832. The molecule has 19 heavy (non-hydrogen) atoms. The second-order valence-electron chi connectivity index (χ2n) is 5.34. The number of hydrogen-bond acceptors (Lipinski definition) is 4. The molecule has 0 saturated carbocycles. The van der Waals surface area contributed by atoms with Crippen molar-refractivity contribution in [3.05, 3.63) is 23.7 Å². The van der Waals surface area contributed by atoms with Gasteiger partial charge in [0.25, 0.3) is 0 Å². The van der Waals surface area contributed by atoms with Gasteiger partial charge in [0.15, 0.2) is 0 Å². The molecule has 4 heteroatoms. The summed E-state index contributed by atoms with van der Waals surface area (Å²) in [5.74, 6) is 1.51. The van der Waals surface area contributed by atoms with Gasteiger partial charge in [0.05, 0.1) is 12.1 Å². The smallest absolute Gasteiger partial charge is 0.129 e. The maximum Gasteiger partial charge on any atom is 0.129 e. The van der Waals surface area contributed by atoms with E-state index in [0.717, 1.165) is 38.1 Å². The monoisotopic (exact) mass is 267 g/mol. The summed E-state index contributed by atoms with van der Waals surface area (Å²) in [6.07, 6.45) is 4.25. The van der Waals surface area contributed by atoms with Crippen LogP contribution in [0.3, 0.4) is 0 Å². The van der Waals surface area contributed by atoms with Gasteiger partial charge in [-0.05, 0) is 37.8 Å². The molecule has 4 nitrogen and oxygen atoms in total. The van der Waals surface area contributed by atoms with Gasteiger partial charge in [-0.25, -0.2) is 0 Å². The standard InChI is InChI=1S/C15H25NO3/c1-3-15(4-2)9-12(7-8-18-15)16-10-13-5-6-14(11-17)19-13/h5-6,12,16-17H,3-4,7-11H2,1-2H3. The highest BCUT2D eigenvalue weighted by Gasteiger charge is 2.34. The first-order valence-corrected chi connectivity index (χ1v) is 7.27. The van der Waals surface area contributed by atoms with Crippen molar-refractivity contribution in [3.63, 3.8) is 0 Å². The third-order valence-electron chi connectivity index (χ3n) is 4.22. The number of aliphatic hydroxyl groups excluding tert-OH is 1. The van der Waals surface area contributed by atoms with Crippen molar-refractivity contribution >= 4 is 0 Å². The SMILES string of the molecule is CCC1(CC)CC(NCc2ccc(CO)o2)CCO1. The van der Waals surface area contributed by atoms with Crippen LogP contribution in [0.2, 0.25) is 0 Å². The van der Waals surface area contributed by atoms with E-state index in [1.165, 1.54) is 0 Å². The number of furan rings is 1. The highest BCUT2D eigenvalue weighted by Crippen LogP contribution is 2.31. The predicted octanol–water partition coefficient (Wildman–Crippen LogP) is 2.60. The van der Waals surface area contributed by atoms with E-state index >= 15 is 0 Å². The highest BCUT2D eigenvalue weighted by molar-refractivity contribution is 5.06. The van der Waals surface area contributed by atoms with Gasteiger partial charge in [-0.15, -0.1) is 0 Å². The van der Waals surface area contributed by atoms with E-state index in [1.54, 1.807) is 0 Å². The zero-order valence-corrected chi connectivity index (χ0v) is 11.9. The molecule has 1 aromatic rings. The third-order valence-corrected chi connectivity index (χ3v) is 4.22. The summed E-state index contributed by atoms with van der Waals surface area (Å²) in [5.41, 5.74) is 0.0509. The molecule has 0 radical (unpaired) electrons. The Kier molecular flexibility index (Phi) is 5.02. The van der Waals surface area contributed by atoms with Crippen LogP contribution in [0.5, 0.6) is 0 Å². The predicted molar refractivity (Wildman–Crippen MR) is 73.8 cm³/mol. The number of aliphatic hydroxyl groups is 1. The van der Waals surface area contributed by atoms with Crippen LogP contribution in [0.25, 0.3) is 0 Å². The largest absolute Gasteiger partial charge is 0.462 e. The van der Waals surface area contributed by atoms with Crippen molar-refractivity contribution < 1.29 is 14.3 Å². The Morgan fingerprint density at radius 1 is 1.32 bits per heavy atom. The summed E-state index contributed by atoms with van der Waals surface area (Å²) in [6.45, 7) is 5.91. The summed E-state index contributed by atoms with van der Waals surface area (Å²) < 4.78 is 11.5. The van der Waals surface area contributed by atoms with E-state index in [1.807, 2.05) is 12.1 Å².